The number of hydrogen-bond donors (Lipinski definition) is 1. The highest BCUT2D eigenvalue weighted by Crippen LogP contribution is 2.34. The van der Waals surface area contributed by atoms with Gasteiger partial charge in [0.1, 0.15) is 0 Å². The van der Waals surface area contributed by atoms with Crippen molar-refractivity contribution >= 4 is 0 Å². The third-order valence-electron chi connectivity index (χ3n) is 4.00. The van der Waals surface area contributed by atoms with Crippen LogP contribution in [0.25, 0.3) is 0 Å². The molecule has 0 saturated heterocycles. The van der Waals surface area contributed by atoms with Gasteiger partial charge in [0.05, 0.1) is 0 Å². The Kier molecular flexibility index (Phi) is 4.00. The van der Waals surface area contributed by atoms with Gasteiger partial charge in [0.25, 0.3) is 0 Å². The Bertz CT molecular complexity index is 165. The van der Waals surface area contributed by atoms with Crippen LogP contribution in [0.1, 0.15) is 59.8 Å². The van der Waals surface area contributed by atoms with E-state index in [0.717, 1.165) is 11.8 Å². The molecule has 1 aliphatic rings. The molecule has 1 rings (SSSR count). The van der Waals surface area contributed by atoms with Gasteiger partial charge in [0, 0.05) is 6.04 Å². The van der Waals surface area contributed by atoms with E-state index < -0.39 is 0 Å². The molecule has 0 bridgehead atoms. The van der Waals surface area contributed by atoms with Crippen molar-refractivity contribution in [3.63, 3.8) is 0 Å². The Balaban J connectivity index is 2.21. The zero-order valence-corrected chi connectivity index (χ0v) is 10.3. The average Bonchev–Trinajstić information content (AvgIpc) is 1.95. The van der Waals surface area contributed by atoms with Crippen LogP contribution in [0.15, 0.2) is 0 Å². The van der Waals surface area contributed by atoms with E-state index in [9.17, 15) is 0 Å². The summed E-state index contributed by atoms with van der Waals surface area (Å²) >= 11 is 0. The minimum atomic E-state index is 0.414. The summed E-state index contributed by atoms with van der Waals surface area (Å²) in [4.78, 5) is 0. The molecule has 2 atom stereocenters. The first-order valence-corrected chi connectivity index (χ1v) is 6.15. The zero-order chi connectivity index (χ0) is 10.8. The summed E-state index contributed by atoms with van der Waals surface area (Å²) in [5.41, 5.74) is 6.60. The molecule has 1 heteroatoms. The molecule has 1 nitrogen and oxygen atoms in total. The van der Waals surface area contributed by atoms with Gasteiger partial charge in [-0.1, -0.05) is 47.0 Å². The molecule has 0 aliphatic heterocycles. The summed E-state index contributed by atoms with van der Waals surface area (Å²) in [6.07, 6.45) is 6.75. The van der Waals surface area contributed by atoms with Crippen molar-refractivity contribution in [3.8, 4) is 0 Å². The van der Waals surface area contributed by atoms with Crippen molar-refractivity contribution in [2.45, 2.75) is 65.8 Å². The Morgan fingerprint density at radius 3 is 2.21 bits per heavy atom. The van der Waals surface area contributed by atoms with Crippen LogP contribution in [0, 0.1) is 17.3 Å². The van der Waals surface area contributed by atoms with E-state index in [1.54, 1.807) is 0 Å². The lowest BCUT2D eigenvalue weighted by atomic mass is 9.75. The summed E-state index contributed by atoms with van der Waals surface area (Å²) in [5.74, 6) is 1.69. The Hall–Kier alpha value is -0.0400. The molecule has 0 spiro atoms. The molecule has 0 heterocycles. The summed E-state index contributed by atoms with van der Waals surface area (Å²) in [7, 11) is 0. The van der Waals surface area contributed by atoms with Crippen LogP contribution in [0.2, 0.25) is 0 Å². The van der Waals surface area contributed by atoms with Gasteiger partial charge >= 0.3 is 0 Å². The molecule has 0 amide bonds. The SMILES string of the molecule is CC(CC(N)CC1CCC1)C(C)(C)C. The maximum Gasteiger partial charge on any atom is 0.00442 e. The Labute approximate surface area is 89.5 Å². The van der Waals surface area contributed by atoms with Crippen LogP contribution in [-0.4, -0.2) is 6.04 Å². The predicted molar refractivity (Wildman–Crippen MR) is 63.2 cm³/mol. The van der Waals surface area contributed by atoms with E-state index in [0.29, 0.717) is 11.5 Å². The summed E-state index contributed by atoms with van der Waals surface area (Å²) in [6.45, 7) is 9.27. The fraction of sp³-hybridized carbons (Fsp3) is 1.00. The molecule has 14 heavy (non-hydrogen) atoms. The molecular weight excluding hydrogens is 170 g/mol. The summed E-state index contributed by atoms with van der Waals surface area (Å²) in [6, 6.07) is 0.439. The minimum Gasteiger partial charge on any atom is -0.328 e. The van der Waals surface area contributed by atoms with Crippen LogP contribution in [-0.2, 0) is 0 Å². The monoisotopic (exact) mass is 197 g/mol. The second-order valence-corrected chi connectivity index (χ2v) is 6.30. The smallest absolute Gasteiger partial charge is 0.00442 e. The van der Waals surface area contributed by atoms with Gasteiger partial charge in [-0.3, -0.25) is 0 Å². The quantitative estimate of drug-likeness (QED) is 0.732. The van der Waals surface area contributed by atoms with Crippen LogP contribution in [0.3, 0.4) is 0 Å². The summed E-state index contributed by atoms with van der Waals surface area (Å²) in [5, 5.41) is 0. The van der Waals surface area contributed by atoms with Crippen molar-refractivity contribution in [2.75, 3.05) is 0 Å². The summed E-state index contributed by atoms with van der Waals surface area (Å²) < 4.78 is 0. The van der Waals surface area contributed by atoms with Gasteiger partial charge in [0.15, 0.2) is 0 Å². The van der Waals surface area contributed by atoms with Gasteiger partial charge in [0.2, 0.25) is 0 Å². The predicted octanol–water partition coefficient (Wildman–Crippen LogP) is 3.58. The van der Waals surface area contributed by atoms with Crippen LogP contribution < -0.4 is 5.73 Å². The molecule has 1 fully saturated rings. The van der Waals surface area contributed by atoms with Gasteiger partial charge < -0.3 is 5.73 Å². The number of rotatable bonds is 4. The number of hydrogen-bond acceptors (Lipinski definition) is 1. The van der Waals surface area contributed by atoms with Gasteiger partial charge in [-0.15, -0.1) is 0 Å². The normalized spacial score (nSPS) is 22.9. The first-order chi connectivity index (χ1) is 6.39. The Morgan fingerprint density at radius 2 is 1.86 bits per heavy atom. The largest absolute Gasteiger partial charge is 0.328 e. The van der Waals surface area contributed by atoms with Crippen molar-refractivity contribution in [1.82, 2.24) is 0 Å². The van der Waals surface area contributed by atoms with Crippen LogP contribution in [0.4, 0.5) is 0 Å². The van der Waals surface area contributed by atoms with E-state index >= 15 is 0 Å². The van der Waals surface area contributed by atoms with E-state index in [4.69, 9.17) is 5.73 Å². The first-order valence-electron chi connectivity index (χ1n) is 6.15. The molecule has 0 aromatic carbocycles. The second kappa shape index (κ2) is 4.65. The van der Waals surface area contributed by atoms with Crippen molar-refractivity contribution < 1.29 is 0 Å². The molecule has 84 valence electrons. The molecule has 0 aromatic rings. The zero-order valence-electron chi connectivity index (χ0n) is 10.3. The maximum atomic E-state index is 6.18. The maximum absolute atomic E-state index is 6.18. The van der Waals surface area contributed by atoms with Crippen molar-refractivity contribution in [3.05, 3.63) is 0 Å². The van der Waals surface area contributed by atoms with Crippen molar-refractivity contribution in [2.24, 2.45) is 23.0 Å². The fourth-order valence-electron chi connectivity index (χ4n) is 2.06. The molecule has 2 N–H and O–H groups in total. The third-order valence-corrected chi connectivity index (χ3v) is 4.00. The van der Waals surface area contributed by atoms with Crippen LogP contribution >= 0.6 is 0 Å². The topological polar surface area (TPSA) is 26.0 Å². The molecule has 2 unspecified atom stereocenters. The van der Waals surface area contributed by atoms with Gasteiger partial charge in [-0.05, 0) is 30.1 Å². The van der Waals surface area contributed by atoms with E-state index in [-0.39, 0.29) is 0 Å². The lowest BCUT2D eigenvalue weighted by Crippen LogP contribution is -2.31. The fourth-order valence-corrected chi connectivity index (χ4v) is 2.06. The van der Waals surface area contributed by atoms with E-state index in [1.807, 2.05) is 0 Å². The number of nitrogens with two attached hydrogens (primary N) is 1. The minimum absolute atomic E-state index is 0.414. The standard InChI is InChI=1S/C13H27N/c1-10(13(2,3)4)8-12(14)9-11-6-5-7-11/h10-12H,5-9,14H2,1-4H3. The highest BCUT2D eigenvalue weighted by molar-refractivity contribution is 4.79. The van der Waals surface area contributed by atoms with Crippen molar-refractivity contribution in [1.29, 1.82) is 0 Å². The molecule has 0 radical (unpaired) electrons. The molecular formula is C13H27N. The average molecular weight is 197 g/mol. The van der Waals surface area contributed by atoms with Gasteiger partial charge in [-0.25, -0.2) is 0 Å². The second-order valence-electron chi connectivity index (χ2n) is 6.30. The van der Waals surface area contributed by atoms with E-state index in [2.05, 4.69) is 27.7 Å². The molecule has 1 saturated carbocycles. The van der Waals surface area contributed by atoms with Crippen LogP contribution in [0.5, 0.6) is 0 Å². The highest BCUT2D eigenvalue weighted by Gasteiger charge is 2.25. The molecule has 0 aromatic heterocycles. The lowest BCUT2D eigenvalue weighted by Gasteiger charge is -2.33. The van der Waals surface area contributed by atoms with Gasteiger partial charge in [-0.2, -0.15) is 0 Å². The third kappa shape index (κ3) is 3.61. The highest BCUT2D eigenvalue weighted by atomic mass is 14.6. The lowest BCUT2D eigenvalue weighted by molar-refractivity contribution is 0.206. The Morgan fingerprint density at radius 1 is 1.29 bits per heavy atom. The first kappa shape index (κ1) is 12.0. The van der Waals surface area contributed by atoms with E-state index in [1.165, 1.54) is 32.1 Å². The molecule has 1 aliphatic carbocycles.